The van der Waals surface area contributed by atoms with Crippen molar-refractivity contribution in [3.05, 3.63) is 26.4 Å². The van der Waals surface area contributed by atoms with Crippen LogP contribution in [0.3, 0.4) is 0 Å². The maximum Gasteiger partial charge on any atom is 0.332 e. The number of nitrogens with one attached hydrogen (secondary N) is 1. The van der Waals surface area contributed by atoms with Crippen LogP contribution < -0.4 is 16.6 Å². The standard InChI is InChI=1S/C17H27N5O2/c1-11-6-12(2)9-22(8-11)10-13(3)19-15-14(7-18)16(23)21(5)17(24)20(15)4/h11-13,19H,6,8-10H2,1-5H3. The van der Waals surface area contributed by atoms with Crippen LogP contribution in [-0.2, 0) is 14.1 Å². The fraction of sp³-hybridized carbons (Fsp3) is 0.706. The molecule has 3 atom stereocenters. The Hall–Kier alpha value is -2.07. The summed E-state index contributed by atoms with van der Waals surface area (Å²) in [5.41, 5.74) is -1.02. The molecule has 7 heteroatoms. The quantitative estimate of drug-likeness (QED) is 0.878. The van der Waals surface area contributed by atoms with E-state index in [1.54, 1.807) is 7.05 Å². The van der Waals surface area contributed by atoms with Crippen LogP contribution in [0.25, 0.3) is 0 Å². The van der Waals surface area contributed by atoms with Gasteiger partial charge in [0.05, 0.1) is 0 Å². The molecule has 0 aromatic carbocycles. The number of nitriles is 1. The highest BCUT2D eigenvalue weighted by Gasteiger charge is 2.24. The first-order valence-corrected chi connectivity index (χ1v) is 8.43. The van der Waals surface area contributed by atoms with Gasteiger partial charge in [-0.25, -0.2) is 4.79 Å². The molecule has 1 saturated heterocycles. The Morgan fingerprint density at radius 1 is 1.21 bits per heavy atom. The zero-order valence-electron chi connectivity index (χ0n) is 15.2. The number of likely N-dealkylation sites (tertiary alicyclic amines) is 1. The van der Waals surface area contributed by atoms with Crippen molar-refractivity contribution < 1.29 is 0 Å². The number of anilines is 1. The van der Waals surface area contributed by atoms with Crippen molar-refractivity contribution in [2.75, 3.05) is 25.0 Å². The second-order valence-corrected chi connectivity index (χ2v) is 7.25. The van der Waals surface area contributed by atoms with Gasteiger partial charge >= 0.3 is 5.69 Å². The van der Waals surface area contributed by atoms with Crippen LogP contribution in [0.1, 0.15) is 32.8 Å². The van der Waals surface area contributed by atoms with Gasteiger partial charge in [0, 0.05) is 39.8 Å². The first-order valence-electron chi connectivity index (χ1n) is 8.43. The van der Waals surface area contributed by atoms with Gasteiger partial charge in [0.1, 0.15) is 11.9 Å². The van der Waals surface area contributed by atoms with E-state index in [4.69, 9.17) is 0 Å². The number of nitrogens with zero attached hydrogens (tertiary/aromatic N) is 4. The van der Waals surface area contributed by atoms with E-state index >= 15 is 0 Å². The Labute approximate surface area is 142 Å². The lowest BCUT2D eigenvalue weighted by Gasteiger charge is -2.36. The average Bonchev–Trinajstić information content (AvgIpc) is 2.50. The predicted molar refractivity (Wildman–Crippen MR) is 94.1 cm³/mol. The molecule has 2 rings (SSSR count). The van der Waals surface area contributed by atoms with Gasteiger partial charge in [-0.05, 0) is 25.2 Å². The van der Waals surface area contributed by atoms with E-state index < -0.39 is 11.2 Å². The van der Waals surface area contributed by atoms with Crippen molar-refractivity contribution in [2.45, 2.75) is 33.2 Å². The van der Waals surface area contributed by atoms with E-state index in [9.17, 15) is 14.9 Å². The minimum Gasteiger partial charge on any atom is -0.366 e. The molecule has 1 N–H and O–H groups in total. The SMILES string of the molecule is CC1CC(C)CN(CC(C)Nc2c(C#N)c(=O)n(C)c(=O)n2C)C1. The molecule has 7 nitrogen and oxygen atoms in total. The fourth-order valence-corrected chi connectivity index (χ4v) is 3.72. The van der Waals surface area contributed by atoms with Gasteiger partial charge < -0.3 is 10.2 Å². The zero-order chi connectivity index (χ0) is 18.0. The summed E-state index contributed by atoms with van der Waals surface area (Å²) in [4.78, 5) is 26.6. The Morgan fingerprint density at radius 3 is 2.33 bits per heavy atom. The van der Waals surface area contributed by atoms with E-state index in [0.717, 1.165) is 24.2 Å². The molecule has 132 valence electrons. The molecule has 0 saturated carbocycles. The summed E-state index contributed by atoms with van der Waals surface area (Å²) in [6.07, 6.45) is 1.25. The zero-order valence-corrected chi connectivity index (χ0v) is 15.2. The van der Waals surface area contributed by atoms with Gasteiger partial charge in [-0.3, -0.25) is 13.9 Å². The lowest BCUT2D eigenvalue weighted by Crippen LogP contribution is -2.45. The van der Waals surface area contributed by atoms with Crippen LogP contribution in [0, 0.1) is 23.2 Å². The molecule has 3 unspecified atom stereocenters. The molecule has 1 fully saturated rings. The highest BCUT2D eigenvalue weighted by Crippen LogP contribution is 2.21. The van der Waals surface area contributed by atoms with E-state index in [2.05, 4.69) is 24.1 Å². The second kappa shape index (κ2) is 7.22. The molecule has 0 bridgehead atoms. The van der Waals surface area contributed by atoms with Crippen LogP contribution in [-0.4, -0.2) is 39.7 Å². The van der Waals surface area contributed by atoms with Gasteiger partial charge in [0.25, 0.3) is 5.56 Å². The molecular formula is C17H27N5O2. The number of rotatable bonds is 4. The molecule has 24 heavy (non-hydrogen) atoms. The fourth-order valence-electron chi connectivity index (χ4n) is 3.72. The van der Waals surface area contributed by atoms with Gasteiger partial charge in [0.2, 0.25) is 0 Å². The summed E-state index contributed by atoms with van der Waals surface area (Å²) in [6, 6.07) is 1.95. The summed E-state index contributed by atoms with van der Waals surface area (Å²) >= 11 is 0. The van der Waals surface area contributed by atoms with Crippen LogP contribution in [0.15, 0.2) is 9.59 Å². The van der Waals surface area contributed by atoms with Crippen LogP contribution in [0.5, 0.6) is 0 Å². The maximum atomic E-state index is 12.1. The smallest absolute Gasteiger partial charge is 0.332 e. The summed E-state index contributed by atoms with van der Waals surface area (Å²) in [5, 5.41) is 12.5. The molecule has 1 aromatic rings. The Morgan fingerprint density at radius 2 is 1.79 bits per heavy atom. The first-order chi connectivity index (χ1) is 11.2. The molecule has 0 amide bonds. The monoisotopic (exact) mass is 333 g/mol. The predicted octanol–water partition coefficient (Wildman–Crippen LogP) is 0.734. The van der Waals surface area contributed by atoms with Crippen LogP contribution >= 0.6 is 0 Å². The van der Waals surface area contributed by atoms with Crippen molar-refractivity contribution in [3.8, 4) is 6.07 Å². The minimum atomic E-state index is -0.560. The first kappa shape index (κ1) is 18.3. The number of hydrogen-bond acceptors (Lipinski definition) is 5. The van der Waals surface area contributed by atoms with Crippen molar-refractivity contribution in [1.82, 2.24) is 14.0 Å². The molecule has 1 aliphatic heterocycles. The third-order valence-corrected chi connectivity index (χ3v) is 4.64. The van der Waals surface area contributed by atoms with Crippen molar-refractivity contribution in [1.29, 1.82) is 5.26 Å². The normalized spacial score (nSPS) is 22.8. The third-order valence-electron chi connectivity index (χ3n) is 4.64. The number of piperidine rings is 1. The average molecular weight is 333 g/mol. The second-order valence-electron chi connectivity index (χ2n) is 7.25. The molecule has 1 aliphatic rings. The Kier molecular flexibility index (Phi) is 5.50. The minimum absolute atomic E-state index is 0.0207. The lowest BCUT2D eigenvalue weighted by molar-refractivity contribution is 0.138. The van der Waals surface area contributed by atoms with E-state index in [-0.39, 0.29) is 11.6 Å². The topological polar surface area (TPSA) is 83.1 Å². The van der Waals surface area contributed by atoms with Gasteiger partial charge in [-0.2, -0.15) is 5.26 Å². The van der Waals surface area contributed by atoms with Crippen molar-refractivity contribution >= 4 is 5.82 Å². The van der Waals surface area contributed by atoms with E-state index in [1.807, 2.05) is 13.0 Å². The maximum absolute atomic E-state index is 12.1. The van der Waals surface area contributed by atoms with E-state index in [1.165, 1.54) is 18.0 Å². The summed E-state index contributed by atoms with van der Waals surface area (Å²) in [5.74, 6) is 1.64. The third kappa shape index (κ3) is 3.70. The molecule has 2 heterocycles. The molecule has 0 spiro atoms. The summed E-state index contributed by atoms with van der Waals surface area (Å²) in [7, 11) is 2.96. The molecule has 0 aliphatic carbocycles. The van der Waals surface area contributed by atoms with Gasteiger partial charge in [-0.15, -0.1) is 0 Å². The summed E-state index contributed by atoms with van der Waals surface area (Å²) in [6.45, 7) is 9.45. The van der Waals surface area contributed by atoms with E-state index in [0.29, 0.717) is 17.7 Å². The van der Waals surface area contributed by atoms with Crippen LogP contribution in [0.2, 0.25) is 0 Å². The summed E-state index contributed by atoms with van der Waals surface area (Å²) < 4.78 is 2.29. The van der Waals surface area contributed by atoms with Gasteiger partial charge in [0.15, 0.2) is 5.56 Å². The largest absolute Gasteiger partial charge is 0.366 e. The lowest BCUT2D eigenvalue weighted by atomic mass is 9.92. The van der Waals surface area contributed by atoms with Crippen molar-refractivity contribution in [3.63, 3.8) is 0 Å². The highest BCUT2D eigenvalue weighted by molar-refractivity contribution is 5.51. The Balaban J connectivity index is 2.21. The molecule has 0 radical (unpaired) electrons. The van der Waals surface area contributed by atoms with Crippen LogP contribution in [0.4, 0.5) is 5.82 Å². The number of aromatic nitrogens is 2. The highest BCUT2D eigenvalue weighted by atomic mass is 16.2. The molecule has 1 aromatic heterocycles. The Bertz CT molecular complexity index is 748. The molecular weight excluding hydrogens is 306 g/mol. The van der Waals surface area contributed by atoms with Crippen molar-refractivity contribution in [2.24, 2.45) is 25.9 Å². The van der Waals surface area contributed by atoms with Gasteiger partial charge in [-0.1, -0.05) is 13.8 Å². The number of hydrogen-bond donors (Lipinski definition) is 1.